The first-order valence-electron chi connectivity index (χ1n) is 6.56. The number of carbonyl (C=O) groups excluding carboxylic acids is 1. The number of hydrogen-bond acceptors (Lipinski definition) is 6. The molecule has 1 amide bonds. The van der Waals surface area contributed by atoms with Gasteiger partial charge in [0.05, 0.1) is 15.6 Å². The number of carbonyl (C=O) groups is 1. The third kappa shape index (κ3) is 5.05. The van der Waals surface area contributed by atoms with Crippen molar-refractivity contribution in [3.05, 3.63) is 58.6 Å². The number of nitrogens with two attached hydrogens (primary N) is 1. The quantitative estimate of drug-likeness (QED) is 0.456. The second-order valence-electron chi connectivity index (χ2n) is 4.66. The first-order valence-corrected chi connectivity index (χ1v) is 9.09. The van der Waals surface area contributed by atoms with Gasteiger partial charge in [0.2, 0.25) is 15.9 Å². The maximum atomic E-state index is 11.9. The Kier molecular flexibility index (Phi) is 5.54. The molecular weight excluding hydrogens is 354 g/mol. The Morgan fingerprint density at radius 2 is 1.71 bits per heavy atom. The Morgan fingerprint density at radius 3 is 2.21 bits per heavy atom. The normalized spacial score (nSPS) is 11.0. The predicted molar refractivity (Wildman–Crippen MR) is 90.3 cm³/mol. The van der Waals surface area contributed by atoms with E-state index >= 15 is 0 Å². The number of hydrogen-bond donors (Lipinski definition) is 2. The van der Waals surface area contributed by atoms with Crippen molar-refractivity contribution in [3.8, 4) is 0 Å². The summed E-state index contributed by atoms with van der Waals surface area (Å²) in [5, 5.41) is 18.2. The lowest BCUT2D eigenvalue weighted by atomic mass is 10.3. The van der Waals surface area contributed by atoms with Crippen molar-refractivity contribution in [2.75, 3.05) is 11.1 Å². The van der Waals surface area contributed by atoms with E-state index in [9.17, 15) is 23.3 Å². The van der Waals surface area contributed by atoms with Gasteiger partial charge in [-0.3, -0.25) is 14.9 Å². The lowest BCUT2D eigenvalue weighted by Gasteiger charge is -2.06. The molecule has 10 heteroatoms. The number of primary sulfonamides is 1. The smallest absolute Gasteiger partial charge is 0.269 e. The van der Waals surface area contributed by atoms with Gasteiger partial charge in [-0.2, -0.15) is 0 Å². The fourth-order valence-corrected chi connectivity index (χ4v) is 2.95. The van der Waals surface area contributed by atoms with Gasteiger partial charge in [0.15, 0.2) is 0 Å². The average Bonchev–Trinajstić information content (AvgIpc) is 2.53. The van der Waals surface area contributed by atoms with Gasteiger partial charge in [-0.15, -0.1) is 11.8 Å². The Morgan fingerprint density at radius 1 is 1.12 bits per heavy atom. The van der Waals surface area contributed by atoms with Gasteiger partial charge in [0.1, 0.15) is 0 Å². The van der Waals surface area contributed by atoms with Crippen LogP contribution in [0.2, 0.25) is 0 Å². The zero-order valence-corrected chi connectivity index (χ0v) is 13.8. The van der Waals surface area contributed by atoms with Crippen molar-refractivity contribution in [3.63, 3.8) is 0 Å². The number of sulfonamides is 1. The van der Waals surface area contributed by atoms with Crippen molar-refractivity contribution < 1.29 is 18.1 Å². The summed E-state index contributed by atoms with van der Waals surface area (Å²) in [6.07, 6.45) is 0. The number of rotatable bonds is 6. The van der Waals surface area contributed by atoms with Crippen molar-refractivity contribution >= 4 is 39.1 Å². The van der Waals surface area contributed by atoms with E-state index in [2.05, 4.69) is 5.32 Å². The van der Waals surface area contributed by atoms with E-state index in [-0.39, 0.29) is 22.2 Å². The van der Waals surface area contributed by atoms with Crippen LogP contribution in [-0.4, -0.2) is 25.0 Å². The van der Waals surface area contributed by atoms with Crippen LogP contribution in [0.15, 0.2) is 58.3 Å². The summed E-state index contributed by atoms with van der Waals surface area (Å²) >= 11 is 1.23. The van der Waals surface area contributed by atoms with Crippen LogP contribution in [0.25, 0.3) is 0 Å². The number of benzene rings is 2. The zero-order chi connectivity index (χ0) is 17.7. The molecule has 0 aliphatic carbocycles. The highest BCUT2D eigenvalue weighted by Crippen LogP contribution is 2.21. The molecule has 0 saturated carbocycles. The Bertz CT molecular complexity index is 849. The number of nitrogens with zero attached hydrogens (tertiary/aromatic N) is 1. The van der Waals surface area contributed by atoms with Crippen molar-refractivity contribution in [2.24, 2.45) is 5.14 Å². The van der Waals surface area contributed by atoms with E-state index in [1.54, 1.807) is 12.1 Å². The minimum Gasteiger partial charge on any atom is -0.325 e. The molecule has 2 aromatic rings. The summed E-state index contributed by atoms with van der Waals surface area (Å²) in [7, 11) is -3.77. The molecular formula is C14H13N3O5S2. The van der Waals surface area contributed by atoms with Crippen LogP contribution in [0.3, 0.4) is 0 Å². The number of anilines is 1. The number of amides is 1. The number of non-ortho nitro benzene ring substituents is 1. The van der Waals surface area contributed by atoms with Crippen molar-refractivity contribution in [1.29, 1.82) is 0 Å². The summed E-state index contributed by atoms with van der Waals surface area (Å²) in [4.78, 5) is 22.6. The number of nitrogens with one attached hydrogen (secondary N) is 1. The molecule has 0 fully saturated rings. The van der Waals surface area contributed by atoms with Gasteiger partial charge in [0, 0.05) is 22.7 Å². The maximum Gasteiger partial charge on any atom is 0.269 e. The van der Waals surface area contributed by atoms with Gasteiger partial charge in [-0.1, -0.05) is 0 Å². The highest BCUT2D eigenvalue weighted by molar-refractivity contribution is 8.00. The molecule has 2 aromatic carbocycles. The molecule has 0 radical (unpaired) electrons. The van der Waals surface area contributed by atoms with E-state index in [0.29, 0.717) is 5.69 Å². The third-order valence-electron chi connectivity index (χ3n) is 2.88. The minimum atomic E-state index is -3.77. The van der Waals surface area contributed by atoms with Crippen molar-refractivity contribution in [2.45, 2.75) is 9.79 Å². The first-order chi connectivity index (χ1) is 11.3. The van der Waals surface area contributed by atoms with Crippen LogP contribution in [-0.2, 0) is 14.8 Å². The summed E-state index contributed by atoms with van der Waals surface area (Å²) in [6.45, 7) is 0. The molecule has 0 bridgehead atoms. The van der Waals surface area contributed by atoms with Crippen molar-refractivity contribution in [1.82, 2.24) is 0 Å². The van der Waals surface area contributed by atoms with Gasteiger partial charge >= 0.3 is 0 Å². The molecule has 0 spiro atoms. The molecule has 0 aliphatic heterocycles. The standard InChI is InChI=1S/C14H13N3O5S2/c15-24(21,22)13-7-1-10(2-8-13)16-14(18)9-23-12-5-3-11(4-6-12)17(19)20/h1-8H,9H2,(H,16,18)(H2,15,21,22). The van der Waals surface area contributed by atoms with Crippen LogP contribution >= 0.6 is 11.8 Å². The van der Waals surface area contributed by atoms with Gasteiger partial charge in [0.25, 0.3) is 5.69 Å². The van der Waals surface area contributed by atoms with Crippen LogP contribution in [0, 0.1) is 10.1 Å². The molecule has 24 heavy (non-hydrogen) atoms. The molecule has 0 heterocycles. The fraction of sp³-hybridized carbons (Fsp3) is 0.0714. The summed E-state index contributed by atoms with van der Waals surface area (Å²) in [5.41, 5.74) is 0.426. The molecule has 126 valence electrons. The molecule has 3 N–H and O–H groups in total. The fourth-order valence-electron chi connectivity index (χ4n) is 1.74. The van der Waals surface area contributed by atoms with Gasteiger partial charge in [-0.05, 0) is 36.4 Å². The van der Waals surface area contributed by atoms with E-state index in [1.165, 1.54) is 48.2 Å². The van der Waals surface area contributed by atoms with Crippen LogP contribution < -0.4 is 10.5 Å². The zero-order valence-electron chi connectivity index (χ0n) is 12.2. The average molecular weight is 367 g/mol. The Hall–Kier alpha value is -2.43. The van der Waals surface area contributed by atoms with Crippen LogP contribution in [0.4, 0.5) is 11.4 Å². The first kappa shape index (κ1) is 17.9. The number of nitro groups is 1. The third-order valence-corrected chi connectivity index (χ3v) is 4.83. The highest BCUT2D eigenvalue weighted by atomic mass is 32.2. The topological polar surface area (TPSA) is 132 Å². The molecule has 0 atom stereocenters. The lowest BCUT2D eigenvalue weighted by Crippen LogP contribution is -2.15. The Balaban J connectivity index is 1.90. The van der Waals surface area contributed by atoms with Crippen LogP contribution in [0.5, 0.6) is 0 Å². The minimum absolute atomic E-state index is 0.0150. The Labute approximate surface area is 142 Å². The number of nitro benzene ring substituents is 1. The van der Waals surface area contributed by atoms with E-state index in [4.69, 9.17) is 5.14 Å². The molecule has 0 saturated heterocycles. The predicted octanol–water partition coefficient (Wildman–Crippen LogP) is 1.97. The van der Waals surface area contributed by atoms with E-state index < -0.39 is 14.9 Å². The van der Waals surface area contributed by atoms with E-state index in [1.807, 2.05) is 0 Å². The second-order valence-corrected chi connectivity index (χ2v) is 7.27. The molecule has 0 aliphatic rings. The van der Waals surface area contributed by atoms with Gasteiger partial charge in [-0.25, -0.2) is 13.6 Å². The SMILES string of the molecule is NS(=O)(=O)c1ccc(NC(=O)CSc2ccc([N+](=O)[O-])cc2)cc1. The van der Waals surface area contributed by atoms with Crippen LogP contribution in [0.1, 0.15) is 0 Å². The molecule has 2 rings (SSSR count). The summed E-state index contributed by atoms with van der Waals surface area (Å²) < 4.78 is 22.3. The monoisotopic (exact) mass is 367 g/mol. The van der Waals surface area contributed by atoms with E-state index in [0.717, 1.165) is 4.90 Å². The molecule has 0 aromatic heterocycles. The second kappa shape index (κ2) is 7.43. The maximum absolute atomic E-state index is 11.9. The summed E-state index contributed by atoms with van der Waals surface area (Å²) in [6, 6.07) is 11.3. The summed E-state index contributed by atoms with van der Waals surface area (Å²) in [5.74, 6) is -0.184. The van der Waals surface area contributed by atoms with Gasteiger partial charge < -0.3 is 5.32 Å². The highest BCUT2D eigenvalue weighted by Gasteiger charge is 2.09. The lowest BCUT2D eigenvalue weighted by molar-refractivity contribution is -0.384. The largest absolute Gasteiger partial charge is 0.325 e. The number of thioether (sulfide) groups is 1. The molecule has 0 unspecified atom stereocenters. The molecule has 8 nitrogen and oxygen atoms in total.